The number of fused-ring (bicyclic) bond motifs is 6. The Morgan fingerprint density at radius 2 is 0.784 bits per heavy atom. The van der Waals surface area contributed by atoms with Gasteiger partial charge in [0.05, 0.1) is 0 Å². The Balaban J connectivity index is 1.63. The molecule has 0 saturated heterocycles. The SMILES string of the molecule is CCCC[S][Sn]([S]CCCC)([CH]1c2ccccc2-c2ccccc21)[CH]1c2ccccc2-c2ccccc21. The number of rotatable bonds is 10. The maximum atomic E-state index is 2.47. The van der Waals surface area contributed by atoms with Crippen LogP contribution in [0, 0.1) is 0 Å². The van der Waals surface area contributed by atoms with Crippen molar-refractivity contribution in [2.45, 2.75) is 47.4 Å². The van der Waals surface area contributed by atoms with Crippen LogP contribution in [0.2, 0.25) is 0 Å². The van der Waals surface area contributed by atoms with Gasteiger partial charge in [0, 0.05) is 0 Å². The molecular formula is C34H36S2Sn. The first kappa shape index (κ1) is 25.6. The first-order valence-corrected chi connectivity index (χ1v) is 26.2. The summed E-state index contributed by atoms with van der Waals surface area (Å²) in [6, 6.07) is 37.5. The zero-order valence-corrected chi connectivity index (χ0v) is 26.4. The quantitative estimate of drug-likeness (QED) is 0.127. The summed E-state index contributed by atoms with van der Waals surface area (Å²) in [7, 11) is 4.93. The summed E-state index contributed by atoms with van der Waals surface area (Å²) in [4.78, 5) is 0. The van der Waals surface area contributed by atoms with E-state index in [1.807, 2.05) is 0 Å². The van der Waals surface area contributed by atoms with E-state index in [0.29, 0.717) is 7.87 Å². The number of benzene rings is 4. The molecule has 3 heteroatoms. The molecule has 0 aromatic heterocycles. The molecule has 4 aromatic carbocycles. The molecule has 4 aromatic rings. The summed E-state index contributed by atoms with van der Waals surface area (Å²) in [5, 5.41) is 0. The third-order valence-corrected chi connectivity index (χ3v) is 40.4. The van der Waals surface area contributed by atoms with E-state index in [2.05, 4.69) is 129 Å². The average molecular weight is 628 g/mol. The summed E-state index contributed by atoms with van der Waals surface area (Å²) in [6.07, 6.45) is 5.15. The molecule has 0 atom stereocenters. The summed E-state index contributed by atoms with van der Waals surface area (Å²) < 4.78 is 1.10. The van der Waals surface area contributed by atoms with Crippen molar-refractivity contribution in [3.63, 3.8) is 0 Å². The van der Waals surface area contributed by atoms with Crippen molar-refractivity contribution in [1.29, 1.82) is 0 Å². The van der Waals surface area contributed by atoms with Crippen LogP contribution in [0.1, 0.15) is 69.7 Å². The van der Waals surface area contributed by atoms with Gasteiger partial charge in [0.2, 0.25) is 0 Å². The minimum absolute atomic E-state index is 0.551. The minimum atomic E-state index is -3.27. The fraction of sp³-hybridized carbons (Fsp3) is 0.294. The van der Waals surface area contributed by atoms with Crippen molar-refractivity contribution in [2.24, 2.45) is 0 Å². The van der Waals surface area contributed by atoms with Crippen LogP contribution in [-0.4, -0.2) is 27.1 Å². The van der Waals surface area contributed by atoms with Gasteiger partial charge in [-0.3, -0.25) is 0 Å². The van der Waals surface area contributed by atoms with E-state index in [-0.39, 0.29) is 0 Å². The van der Waals surface area contributed by atoms with E-state index in [1.165, 1.54) is 59.4 Å². The molecule has 0 unspecified atom stereocenters. The van der Waals surface area contributed by atoms with E-state index < -0.39 is 15.6 Å². The number of hydrogen-bond donors (Lipinski definition) is 0. The van der Waals surface area contributed by atoms with Gasteiger partial charge in [0.15, 0.2) is 0 Å². The van der Waals surface area contributed by atoms with E-state index >= 15 is 0 Å². The molecular weight excluding hydrogens is 591 g/mol. The fourth-order valence-electron chi connectivity index (χ4n) is 6.47. The van der Waals surface area contributed by atoms with E-state index in [4.69, 9.17) is 0 Å². The van der Waals surface area contributed by atoms with Gasteiger partial charge < -0.3 is 0 Å². The van der Waals surface area contributed by atoms with Gasteiger partial charge in [-0.2, -0.15) is 0 Å². The van der Waals surface area contributed by atoms with Crippen LogP contribution in [0.5, 0.6) is 0 Å². The van der Waals surface area contributed by atoms with Crippen molar-refractivity contribution in [2.75, 3.05) is 11.5 Å². The van der Waals surface area contributed by atoms with Crippen LogP contribution in [0.3, 0.4) is 0 Å². The topological polar surface area (TPSA) is 0 Å². The van der Waals surface area contributed by atoms with E-state index in [0.717, 1.165) is 0 Å². The van der Waals surface area contributed by atoms with Crippen LogP contribution < -0.4 is 0 Å². The second-order valence-electron chi connectivity index (χ2n) is 10.3. The summed E-state index contributed by atoms with van der Waals surface area (Å²) >= 11 is -3.27. The first-order chi connectivity index (χ1) is 18.3. The Kier molecular flexibility index (Phi) is 7.79. The molecule has 0 nitrogen and oxygen atoms in total. The Bertz CT molecular complexity index is 1200. The molecule has 0 radical (unpaired) electrons. The molecule has 0 amide bonds. The Morgan fingerprint density at radius 1 is 0.486 bits per heavy atom. The molecule has 6 rings (SSSR count). The molecule has 0 heterocycles. The third-order valence-electron chi connectivity index (χ3n) is 8.12. The van der Waals surface area contributed by atoms with Gasteiger partial charge in [-0.15, -0.1) is 0 Å². The molecule has 0 fully saturated rings. The molecule has 0 aliphatic heterocycles. The Labute approximate surface area is 232 Å². The van der Waals surface area contributed by atoms with Crippen LogP contribution >= 0.6 is 17.9 Å². The molecule has 0 N–H and O–H groups in total. The number of hydrogen-bond acceptors (Lipinski definition) is 2. The summed E-state index contributed by atoms with van der Waals surface area (Å²) in [5.74, 6) is 2.57. The summed E-state index contributed by atoms with van der Waals surface area (Å²) in [6.45, 7) is 4.70. The van der Waals surface area contributed by atoms with Crippen molar-refractivity contribution < 1.29 is 0 Å². The zero-order valence-electron chi connectivity index (χ0n) is 22.0. The molecule has 0 bridgehead atoms. The molecule has 2 aliphatic carbocycles. The molecule has 0 saturated carbocycles. The Hall–Kier alpha value is -1.62. The van der Waals surface area contributed by atoms with E-state index in [1.54, 1.807) is 22.3 Å². The number of unbranched alkanes of at least 4 members (excludes halogenated alkanes) is 2. The van der Waals surface area contributed by atoms with E-state index in [9.17, 15) is 0 Å². The van der Waals surface area contributed by atoms with Gasteiger partial charge >= 0.3 is 234 Å². The first-order valence-electron chi connectivity index (χ1n) is 13.9. The van der Waals surface area contributed by atoms with Crippen molar-refractivity contribution >= 4 is 33.5 Å². The average Bonchev–Trinajstić information content (AvgIpc) is 3.47. The third kappa shape index (κ3) is 4.41. The van der Waals surface area contributed by atoms with Gasteiger partial charge in [0.1, 0.15) is 0 Å². The fourth-order valence-corrected chi connectivity index (χ4v) is 43.7. The second-order valence-corrected chi connectivity index (χ2v) is 34.9. The van der Waals surface area contributed by atoms with Crippen LogP contribution in [0.15, 0.2) is 97.1 Å². The maximum absolute atomic E-state index is 3.27. The molecule has 0 spiro atoms. The van der Waals surface area contributed by atoms with Crippen molar-refractivity contribution in [3.8, 4) is 22.3 Å². The summed E-state index contributed by atoms with van der Waals surface area (Å²) in [5.41, 5.74) is 12.4. The predicted octanol–water partition coefficient (Wildman–Crippen LogP) is 10.2. The predicted molar refractivity (Wildman–Crippen MR) is 168 cm³/mol. The molecule has 188 valence electrons. The van der Waals surface area contributed by atoms with Crippen LogP contribution in [-0.2, 0) is 0 Å². The van der Waals surface area contributed by atoms with Gasteiger partial charge in [0.25, 0.3) is 0 Å². The molecule has 2 aliphatic rings. The zero-order chi connectivity index (χ0) is 25.2. The van der Waals surface area contributed by atoms with Gasteiger partial charge in [-0.05, 0) is 0 Å². The second kappa shape index (κ2) is 11.2. The monoisotopic (exact) mass is 628 g/mol. The normalized spacial score (nSPS) is 14.3. The molecule has 37 heavy (non-hydrogen) atoms. The standard InChI is InChI=1S/2C13H9.2C4H10S.Sn/c2*1-3-7-12-10(5-1)9-11-6-2-4-8-13(11)12;2*1-2-3-4-5;/h2*1-9H;2*5H,2-4H2,1H3;/q;;;;+2/p-2. The van der Waals surface area contributed by atoms with Gasteiger partial charge in [-0.25, -0.2) is 0 Å². The van der Waals surface area contributed by atoms with Crippen molar-refractivity contribution in [1.82, 2.24) is 0 Å². The van der Waals surface area contributed by atoms with Crippen LogP contribution in [0.4, 0.5) is 0 Å². The van der Waals surface area contributed by atoms with Crippen molar-refractivity contribution in [3.05, 3.63) is 119 Å². The Morgan fingerprint density at radius 3 is 1.08 bits per heavy atom. The van der Waals surface area contributed by atoms with Gasteiger partial charge in [-0.1, -0.05) is 0 Å². The van der Waals surface area contributed by atoms with Crippen LogP contribution in [0.25, 0.3) is 22.3 Å².